The van der Waals surface area contributed by atoms with Gasteiger partial charge in [-0.25, -0.2) is 0 Å². The van der Waals surface area contributed by atoms with Gasteiger partial charge in [-0.2, -0.15) is 0 Å². The summed E-state index contributed by atoms with van der Waals surface area (Å²) in [6.07, 6.45) is 2.52. The molecule has 0 saturated carbocycles. The Balaban J connectivity index is 0.00000162. The van der Waals surface area contributed by atoms with E-state index in [1.54, 1.807) is 0 Å². The second-order valence-electron chi connectivity index (χ2n) is 4.64. The zero-order valence-corrected chi connectivity index (χ0v) is 15.1. The summed E-state index contributed by atoms with van der Waals surface area (Å²) in [5, 5.41) is 3.43. The third-order valence-corrected chi connectivity index (χ3v) is 4.13. The summed E-state index contributed by atoms with van der Waals surface area (Å²) in [6, 6.07) is 9.65. The number of halogens is 3. The summed E-state index contributed by atoms with van der Waals surface area (Å²) in [5.74, 6) is 0. The Morgan fingerprint density at radius 1 is 1.16 bits per heavy atom. The Labute approximate surface area is 142 Å². The van der Waals surface area contributed by atoms with Crippen LogP contribution in [0.4, 0.5) is 0 Å². The van der Waals surface area contributed by atoms with Crippen LogP contribution in [0.3, 0.4) is 0 Å². The molecule has 1 saturated heterocycles. The molecule has 0 radical (unpaired) electrons. The van der Waals surface area contributed by atoms with Crippen LogP contribution in [-0.2, 0) is 0 Å². The van der Waals surface area contributed by atoms with Crippen molar-refractivity contribution < 1.29 is 0 Å². The van der Waals surface area contributed by atoms with E-state index < -0.39 is 0 Å². The normalized spacial score (nSPS) is 17.2. The molecule has 0 aromatic heterocycles. The van der Waals surface area contributed by atoms with Crippen molar-refractivity contribution in [2.75, 3.05) is 26.2 Å². The molecule has 5 heteroatoms. The van der Waals surface area contributed by atoms with Crippen molar-refractivity contribution in [3.63, 3.8) is 0 Å². The van der Waals surface area contributed by atoms with Gasteiger partial charge in [0.25, 0.3) is 0 Å². The second-order valence-corrected chi connectivity index (χ2v) is 5.89. The van der Waals surface area contributed by atoms with Gasteiger partial charge < -0.3 is 5.32 Å². The van der Waals surface area contributed by atoms with E-state index in [2.05, 4.69) is 64.0 Å². The second kappa shape index (κ2) is 10.2. The fourth-order valence-corrected chi connectivity index (χ4v) is 2.87. The predicted molar refractivity (Wildman–Crippen MR) is 95.7 cm³/mol. The number of hydrogen-bond donors (Lipinski definition) is 1. The van der Waals surface area contributed by atoms with Crippen LogP contribution >= 0.6 is 47.4 Å². The molecular formula is C14H23Cl2IN2. The fourth-order valence-electron chi connectivity index (χ4n) is 2.51. The summed E-state index contributed by atoms with van der Waals surface area (Å²) in [4.78, 5) is 2.63. The molecule has 1 N–H and O–H groups in total. The highest BCUT2D eigenvalue weighted by molar-refractivity contribution is 14.1. The van der Waals surface area contributed by atoms with Crippen molar-refractivity contribution in [3.05, 3.63) is 33.4 Å². The molecule has 1 heterocycles. The number of rotatable bonds is 4. The van der Waals surface area contributed by atoms with Gasteiger partial charge in [-0.05, 0) is 46.7 Å². The van der Waals surface area contributed by atoms with Gasteiger partial charge in [0.1, 0.15) is 0 Å². The maximum Gasteiger partial charge on any atom is 0.0349 e. The summed E-state index contributed by atoms with van der Waals surface area (Å²) in [7, 11) is 0. The highest BCUT2D eigenvalue weighted by Gasteiger charge is 2.20. The molecule has 0 unspecified atom stereocenters. The fraction of sp³-hybridized carbons (Fsp3) is 0.571. The summed E-state index contributed by atoms with van der Waals surface area (Å²) in [6.45, 7) is 6.89. The Hall–Kier alpha value is 0.450. The lowest BCUT2D eigenvalue weighted by Crippen LogP contribution is -2.45. The van der Waals surface area contributed by atoms with Crippen molar-refractivity contribution in [2.24, 2.45) is 0 Å². The first-order valence-corrected chi connectivity index (χ1v) is 7.59. The zero-order valence-electron chi connectivity index (χ0n) is 11.3. The minimum absolute atomic E-state index is 0. The van der Waals surface area contributed by atoms with Crippen molar-refractivity contribution >= 4 is 47.4 Å². The zero-order chi connectivity index (χ0) is 12.1. The van der Waals surface area contributed by atoms with Crippen LogP contribution < -0.4 is 5.32 Å². The van der Waals surface area contributed by atoms with Crippen LogP contribution in [0.2, 0.25) is 0 Å². The van der Waals surface area contributed by atoms with Crippen molar-refractivity contribution in [2.45, 2.75) is 25.8 Å². The Morgan fingerprint density at radius 2 is 1.74 bits per heavy atom. The minimum atomic E-state index is 0. The van der Waals surface area contributed by atoms with E-state index >= 15 is 0 Å². The van der Waals surface area contributed by atoms with Crippen molar-refractivity contribution in [1.29, 1.82) is 0 Å². The van der Waals surface area contributed by atoms with Gasteiger partial charge in [0.05, 0.1) is 0 Å². The summed E-state index contributed by atoms with van der Waals surface area (Å²) < 4.78 is 1.32. The van der Waals surface area contributed by atoms with Crippen LogP contribution in [-0.4, -0.2) is 31.1 Å². The van der Waals surface area contributed by atoms with E-state index in [9.17, 15) is 0 Å². The van der Waals surface area contributed by atoms with Gasteiger partial charge in [-0.1, -0.05) is 25.5 Å². The predicted octanol–water partition coefficient (Wildman–Crippen LogP) is 3.88. The first kappa shape index (κ1) is 19.4. The largest absolute Gasteiger partial charge is 0.314 e. The Morgan fingerprint density at radius 3 is 2.26 bits per heavy atom. The van der Waals surface area contributed by atoms with Crippen molar-refractivity contribution in [1.82, 2.24) is 10.2 Å². The maximum absolute atomic E-state index is 3.43. The highest BCUT2D eigenvalue weighted by atomic mass is 127. The third-order valence-electron chi connectivity index (χ3n) is 3.41. The SMILES string of the molecule is CCC[C@@H](c1ccc(I)cc1)N1CCNCC1.Cl.Cl. The molecule has 0 aliphatic carbocycles. The van der Waals surface area contributed by atoms with Gasteiger partial charge in [-0.15, -0.1) is 24.8 Å². The molecule has 1 aliphatic heterocycles. The van der Waals surface area contributed by atoms with E-state index in [1.165, 1.54) is 35.1 Å². The molecule has 0 amide bonds. The first-order chi connectivity index (χ1) is 8.31. The third kappa shape index (κ3) is 5.76. The van der Waals surface area contributed by atoms with Gasteiger partial charge >= 0.3 is 0 Å². The number of benzene rings is 1. The molecule has 1 aromatic rings. The molecule has 110 valence electrons. The number of piperazine rings is 1. The van der Waals surface area contributed by atoms with Crippen LogP contribution in [0.5, 0.6) is 0 Å². The standard InChI is InChI=1S/C14H21IN2.2ClH/c1-2-3-14(17-10-8-16-9-11-17)12-4-6-13(15)7-5-12;;/h4-7,14,16H,2-3,8-11H2,1H3;2*1H/t14-;;/m0../s1. The molecule has 0 bridgehead atoms. The number of nitrogens with zero attached hydrogens (tertiary/aromatic N) is 1. The lowest BCUT2D eigenvalue weighted by molar-refractivity contribution is 0.164. The highest BCUT2D eigenvalue weighted by Crippen LogP contribution is 2.26. The van der Waals surface area contributed by atoms with E-state index in [-0.39, 0.29) is 24.8 Å². The van der Waals surface area contributed by atoms with Crippen LogP contribution in [0.1, 0.15) is 31.4 Å². The Bertz CT molecular complexity index is 340. The number of nitrogens with one attached hydrogen (secondary N) is 1. The summed E-state index contributed by atoms with van der Waals surface area (Å²) >= 11 is 2.37. The topological polar surface area (TPSA) is 15.3 Å². The smallest absolute Gasteiger partial charge is 0.0349 e. The average Bonchev–Trinajstić information content (AvgIpc) is 2.38. The molecule has 0 spiro atoms. The van der Waals surface area contributed by atoms with Crippen molar-refractivity contribution in [3.8, 4) is 0 Å². The van der Waals surface area contributed by atoms with Gasteiger partial charge in [0.2, 0.25) is 0 Å². The number of hydrogen-bond acceptors (Lipinski definition) is 2. The molecule has 1 aromatic carbocycles. The Kier molecular flexibility index (Phi) is 10.5. The quantitative estimate of drug-likeness (QED) is 0.749. The lowest BCUT2D eigenvalue weighted by atomic mass is 10.00. The molecule has 2 nitrogen and oxygen atoms in total. The van der Waals surface area contributed by atoms with E-state index in [4.69, 9.17) is 0 Å². The van der Waals surface area contributed by atoms with Gasteiger partial charge in [-0.3, -0.25) is 4.90 Å². The van der Waals surface area contributed by atoms with Crippen LogP contribution in [0.15, 0.2) is 24.3 Å². The lowest BCUT2D eigenvalue weighted by Gasteiger charge is -2.35. The maximum atomic E-state index is 3.43. The molecule has 2 rings (SSSR count). The van der Waals surface area contributed by atoms with E-state index in [1.807, 2.05) is 0 Å². The van der Waals surface area contributed by atoms with Gasteiger partial charge in [0, 0.05) is 35.8 Å². The molecular weight excluding hydrogens is 394 g/mol. The minimum Gasteiger partial charge on any atom is -0.314 e. The molecule has 1 fully saturated rings. The van der Waals surface area contributed by atoms with E-state index in [0.29, 0.717) is 6.04 Å². The van der Waals surface area contributed by atoms with E-state index in [0.717, 1.165) is 13.1 Å². The van der Waals surface area contributed by atoms with Crippen LogP contribution in [0.25, 0.3) is 0 Å². The molecule has 19 heavy (non-hydrogen) atoms. The average molecular weight is 417 g/mol. The van der Waals surface area contributed by atoms with Crippen LogP contribution in [0, 0.1) is 3.57 Å². The first-order valence-electron chi connectivity index (χ1n) is 6.51. The molecule has 1 aliphatic rings. The summed E-state index contributed by atoms with van der Waals surface area (Å²) in [5.41, 5.74) is 1.48. The molecule has 1 atom stereocenters. The van der Waals surface area contributed by atoms with Gasteiger partial charge in [0.15, 0.2) is 0 Å². The monoisotopic (exact) mass is 416 g/mol.